The summed E-state index contributed by atoms with van der Waals surface area (Å²) in [5.41, 5.74) is 1.07. The molecule has 0 aliphatic carbocycles. The van der Waals surface area contributed by atoms with Crippen LogP contribution in [0.25, 0.3) is 0 Å². The zero-order valence-corrected chi connectivity index (χ0v) is 11.9. The summed E-state index contributed by atoms with van der Waals surface area (Å²) in [5.74, 6) is 0.0358. The van der Waals surface area contributed by atoms with Crippen LogP contribution in [0.1, 0.15) is 25.3 Å². The van der Waals surface area contributed by atoms with Crippen molar-refractivity contribution in [3.05, 3.63) is 35.9 Å². The van der Waals surface area contributed by atoms with E-state index in [0.717, 1.165) is 24.2 Å². The topological polar surface area (TPSA) is 46.5 Å². The zero-order chi connectivity index (χ0) is 13.7. The number of ether oxygens (including phenoxy) is 1. The molecular weight excluding hydrogens is 260 g/mol. The molecule has 4 heteroatoms. The Balaban J connectivity index is 1.84. The Morgan fingerprint density at radius 2 is 2.16 bits per heavy atom. The second kappa shape index (κ2) is 6.96. The summed E-state index contributed by atoms with van der Waals surface area (Å²) in [6, 6.07) is 9.79. The van der Waals surface area contributed by atoms with Gasteiger partial charge < -0.3 is 9.84 Å². The van der Waals surface area contributed by atoms with Crippen LogP contribution in [0, 0.1) is 0 Å². The fourth-order valence-electron chi connectivity index (χ4n) is 2.28. The van der Waals surface area contributed by atoms with Crippen LogP contribution >= 0.6 is 11.8 Å². The highest BCUT2D eigenvalue weighted by Gasteiger charge is 2.25. The van der Waals surface area contributed by atoms with Crippen LogP contribution in [0.4, 0.5) is 0 Å². The molecule has 1 fully saturated rings. The lowest BCUT2D eigenvalue weighted by molar-refractivity contribution is -0.136. The number of hydrogen-bond acceptors (Lipinski definition) is 3. The van der Waals surface area contributed by atoms with Gasteiger partial charge in [0.2, 0.25) is 0 Å². The molecule has 1 aromatic carbocycles. The van der Waals surface area contributed by atoms with E-state index in [1.165, 1.54) is 11.8 Å². The second-order valence-electron chi connectivity index (χ2n) is 5.00. The zero-order valence-electron chi connectivity index (χ0n) is 11.1. The van der Waals surface area contributed by atoms with Gasteiger partial charge in [-0.25, -0.2) is 0 Å². The molecule has 19 heavy (non-hydrogen) atoms. The van der Waals surface area contributed by atoms with Gasteiger partial charge in [-0.15, -0.1) is 11.8 Å². The van der Waals surface area contributed by atoms with Gasteiger partial charge in [-0.3, -0.25) is 4.79 Å². The Bertz CT molecular complexity index is 407. The number of thioether (sulfide) groups is 1. The molecule has 1 aliphatic heterocycles. The van der Waals surface area contributed by atoms with Crippen molar-refractivity contribution in [2.45, 2.75) is 43.6 Å². The van der Waals surface area contributed by atoms with Crippen LogP contribution in [0.2, 0.25) is 0 Å². The van der Waals surface area contributed by atoms with Gasteiger partial charge in [0.25, 0.3) is 0 Å². The van der Waals surface area contributed by atoms with Crippen LogP contribution in [0.5, 0.6) is 0 Å². The first kappa shape index (κ1) is 14.4. The average Bonchev–Trinajstić information content (AvgIpc) is 2.81. The van der Waals surface area contributed by atoms with Crippen molar-refractivity contribution in [1.29, 1.82) is 0 Å². The molecule has 0 saturated carbocycles. The SMILES string of the molecule is CC1CCC(CSC(Cc2ccccc2)C(=O)O)O1. The molecule has 1 aromatic rings. The van der Waals surface area contributed by atoms with Crippen LogP contribution in [0.3, 0.4) is 0 Å². The summed E-state index contributed by atoms with van der Waals surface area (Å²) in [4.78, 5) is 11.3. The summed E-state index contributed by atoms with van der Waals surface area (Å²) < 4.78 is 5.73. The third kappa shape index (κ3) is 4.55. The van der Waals surface area contributed by atoms with Gasteiger partial charge in [0, 0.05) is 5.75 Å². The predicted octanol–water partition coefficient (Wildman–Crippen LogP) is 2.98. The Morgan fingerprint density at radius 3 is 2.74 bits per heavy atom. The van der Waals surface area contributed by atoms with Gasteiger partial charge in [-0.05, 0) is 31.7 Å². The molecule has 0 bridgehead atoms. The highest BCUT2D eigenvalue weighted by Crippen LogP contribution is 2.25. The highest BCUT2D eigenvalue weighted by atomic mass is 32.2. The molecule has 1 saturated heterocycles. The maximum Gasteiger partial charge on any atom is 0.316 e. The van der Waals surface area contributed by atoms with Gasteiger partial charge in [-0.2, -0.15) is 0 Å². The highest BCUT2D eigenvalue weighted by molar-refractivity contribution is 8.00. The smallest absolute Gasteiger partial charge is 0.316 e. The van der Waals surface area contributed by atoms with Crippen molar-refractivity contribution in [2.24, 2.45) is 0 Å². The molecule has 0 spiro atoms. The first-order valence-corrected chi connectivity index (χ1v) is 7.74. The number of hydrogen-bond donors (Lipinski definition) is 1. The molecule has 0 aromatic heterocycles. The number of aliphatic carboxylic acids is 1. The molecule has 1 aliphatic rings. The van der Waals surface area contributed by atoms with Crippen molar-refractivity contribution in [2.75, 3.05) is 5.75 Å². The maximum atomic E-state index is 11.3. The Hall–Kier alpha value is -1.00. The number of benzene rings is 1. The molecule has 0 amide bonds. The van der Waals surface area contributed by atoms with E-state index >= 15 is 0 Å². The summed E-state index contributed by atoms with van der Waals surface area (Å²) >= 11 is 1.50. The minimum absolute atomic E-state index is 0.220. The standard InChI is InChI=1S/C15H20O3S/c1-11-7-8-13(18-11)10-19-14(15(16)17)9-12-5-3-2-4-6-12/h2-6,11,13-14H,7-10H2,1H3,(H,16,17). The molecule has 2 rings (SSSR count). The van der Waals surface area contributed by atoms with E-state index in [9.17, 15) is 9.90 Å². The molecule has 3 atom stereocenters. The van der Waals surface area contributed by atoms with Gasteiger partial charge in [-0.1, -0.05) is 30.3 Å². The van der Waals surface area contributed by atoms with E-state index in [4.69, 9.17) is 4.74 Å². The molecule has 1 N–H and O–H groups in total. The summed E-state index contributed by atoms with van der Waals surface area (Å²) in [6.07, 6.45) is 3.25. The van der Waals surface area contributed by atoms with Gasteiger partial charge in [0.05, 0.1) is 12.2 Å². The first-order chi connectivity index (χ1) is 9.15. The summed E-state index contributed by atoms with van der Waals surface area (Å²) in [7, 11) is 0. The fourth-order valence-corrected chi connectivity index (χ4v) is 3.42. The summed E-state index contributed by atoms with van der Waals surface area (Å²) in [6.45, 7) is 2.07. The van der Waals surface area contributed by atoms with Crippen molar-refractivity contribution in [3.63, 3.8) is 0 Å². The van der Waals surface area contributed by atoms with Crippen molar-refractivity contribution < 1.29 is 14.6 Å². The monoisotopic (exact) mass is 280 g/mol. The van der Waals surface area contributed by atoms with Gasteiger partial charge in [0.15, 0.2) is 0 Å². The lowest BCUT2D eigenvalue weighted by Crippen LogP contribution is -2.22. The predicted molar refractivity (Wildman–Crippen MR) is 77.6 cm³/mol. The molecule has 0 radical (unpaired) electrons. The normalized spacial score (nSPS) is 24.3. The van der Waals surface area contributed by atoms with Crippen LogP contribution in [-0.4, -0.2) is 34.3 Å². The summed E-state index contributed by atoms with van der Waals surface area (Å²) in [5, 5.41) is 8.91. The number of carboxylic acids is 1. The molecule has 3 nitrogen and oxygen atoms in total. The minimum Gasteiger partial charge on any atom is -0.480 e. The third-order valence-corrected chi connectivity index (χ3v) is 4.68. The van der Waals surface area contributed by atoms with E-state index in [-0.39, 0.29) is 11.4 Å². The fraction of sp³-hybridized carbons (Fsp3) is 0.533. The number of rotatable bonds is 6. The number of carbonyl (C=O) groups is 1. The Labute approximate surface area is 118 Å². The molecule has 104 valence electrons. The quantitative estimate of drug-likeness (QED) is 0.870. The lowest BCUT2D eigenvalue weighted by Gasteiger charge is -2.15. The molecule has 3 unspecified atom stereocenters. The lowest BCUT2D eigenvalue weighted by atomic mass is 10.1. The number of carboxylic acid groups (broad SMARTS) is 1. The second-order valence-corrected chi connectivity index (χ2v) is 6.23. The van der Waals surface area contributed by atoms with E-state index in [0.29, 0.717) is 12.5 Å². The largest absolute Gasteiger partial charge is 0.480 e. The van der Waals surface area contributed by atoms with Crippen LogP contribution in [-0.2, 0) is 16.0 Å². The molecule has 1 heterocycles. The maximum absolute atomic E-state index is 11.3. The van der Waals surface area contributed by atoms with Crippen molar-refractivity contribution in [1.82, 2.24) is 0 Å². The van der Waals surface area contributed by atoms with E-state index < -0.39 is 5.97 Å². The first-order valence-electron chi connectivity index (χ1n) is 6.69. The van der Waals surface area contributed by atoms with Crippen molar-refractivity contribution >= 4 is 17.7 Å². The van der Waals surface area contributed by atoms with E-state index in [2.05, 4.69) is 6.92 Å². The Morgan fingerprint density at radius 1 is 1.42 bits per heavy atom. The van der Waals surface area contributed by atoms with Gasteiger partial charge >= 0.3 is 5.97 Å². The Kier molecular flexibility index (Phi) is 5.28. The minimum atomic E-state index is -0.736. The van der Waals surface area contributed by atoms with Crippen LogP contribution in [0.15, 0.2) is 30.3 Å². The van der Waals surface area contributed by atoms with Gasteiger partial charge in [0.1, 0.15) is 5.25 Å². The molecular formula is C15H20O3S. The van der Waals surface area contributed by atoms with Crippen molar-refractivity contribution in [3.8, 4) is 0 Å². The third-order valence-electron chi connectivity index (χ3n) is 3.34. The van der Waals surface area contributed by atoms with E-state index in [1.807, 2.05) is 30.3 Å². The van der Waals surface area contributed by atoms with Crippen LogP contribution < -0.4 is 0 Å². The average molecular weight is 280 g/mol. The van der Waals surface area contributed by atoms with E-state index in [1.54, 1.807) is 0 Å².